The monoisotopic (exact) mass is 290 g/mol. The summed E-state index contributed by atoms with van der Waals surface area (Å²) in [5, 5.41) is 3.72. The Morgan fingerprint density at radius 3 is 2.43 bits per heavy atom. The minimum absolute atomic E-state index is 0.279. The Morgan fingerprint density at radius 1 is 1.19 bits per heavy atom. The smallest absolute Gasteiger partial charge is 0.0335 e. The van der Waals surface area contributed by atoms with Gasteiger partial charge in [-0.2, -0.15) is 0 Å². The number of aryl methyl sites for hydroxylation is 1. The van der Waals surface area contributed by atoms with Gasteiger partial charge in [0.25, 0.3) is 0 Å². The van der Waals surface area contributed by atoms with E-state index in [0.29, 0.717) is 6.04 Å². The van der Waals surface area contributed by atoms with Crippen LogP contribution in [0.5, 0.6) is 0 Å². The van der Waals surface area contributed by atoms with Crippen molar-refractivity contribution in [3.8, 4) is 0 Å². The number of benzene rings is 1. The zero-order valence-corrected chi connectivity index (χ0v) is 14.9. The lowest BCUT2D eigenvalue weighted by atomic mass is 9.96. The Bertz CT molecular complexity index is 412. The van der Waals surface area contributed by atoms with Crippen molar-refractivity contribution in [3.05, 3.63) is 35.4 Å². The number of nitrogens with one attached hydrogen (secondary N) is 1. The van der Waals surface area contributed by atoms with E-state index in [2.05, 4.69) is 76.1 Å². The molecule has 0 amide bonds. The maximum absolute atomic E-state index is 3.72. The van der Waals surface area contributed by atoms with Crippen LogP contribution in [0.15, 0.2) is 24.3 Å². The predicted molar refractivity (Wildman–Crippen MR) is 93.8 cm³/mol. The highest BCUT2D eigenvalue weighted by atomic mass is 15.2. The lowest BCUT2D eigenvalue weighted by Crippen LogP contribution is -2.42. The van der Waals surface area contributed by atoms with Crippen LogP contribution in [0.25, 0.3) is 0 Å². The first-order chi connectivity index (χ1) is 9.92. The Kier molecular flexibility index (Phi) is 7.41. The summed E-state index contributed by atoms with van der Waals surface area (Å²) in [6, 6.07) is 9.23. The molecule has 0 saturated carbocycles. The SMILES string of the molecule is CCCNC(CCN(C)C(C)(C)CC)c1ccccc1C. The van der Waals surface area contributed by atoms with E-state index in [1.807, 2.05) is 0 Å². The van der Waals surface area contributed by atoms with E-state index in [4.69, 9.17) is 0 Å². The van der Waals surface area contributed by atoms with Crippen LogP contribution < -0.4 is 5.32 Å². The van der Waals surface area contributed by atoms with Crippen LogP contribution in [0.1, 0.15) is 64.1 Å². The van der Waals surface area contributed by atoms with Crippen molar-refractivity contribution < 1.29 is 0 Å². The zero-order valence-electron chi connectivity index (χ0n) is 14.9. The standard InChI is InChI=1S/C19H34N2/c1-7-14-20-18(17-12-10-9-11-16(17)3)13-15-21(6)19(4,5)8-2/h9-12,18,20H,7-8,13-15H2,1-6H3. The maximum Gasteiger partial charge on any atom is 0.0335 e. The molecule has 1 unspecified atom stereocenters. The van der Waals surface area contributed by atoms with Crippen LogP contribution >= 0.6 is 0 Å². The number of hydrogen-bond acceptors (Lipinski definition) is 2. The van der Waals surface area contributed by atoms with E-state index in [0.717, 1.165) is 19.5 Å². The Labute approximate surface area is 131 Å². The Morgan fingerprint density at radius 2 is 1.86 bits per heavy atom. The Balaban J connectivity index is 2.74. The molecule has 0 aliphatic rings. The van der Waals surface area contributed by atoms with Crippen LogP contribution in [0.4, 0.5) is 0 Å². The quantitative estimate of drug-likeness (QED) is 0.718. The zero-order chi connectivity index (χ0) is 15.9. The van der Waals surface area contributed by atoms with Crippen LogP contribution in [0.2, 0.25) is 0 Å². The van der Waals surface area contributed by atoms with Gasteiger partial charge in [-0.1, -0.05) is 38.1 Å². The van der Waals surface area contributed by atoms with Gasteiger partial charge >= 0.3 is 0 Å². The lowest BCUT2D eigenvalue weighted by molar-refractivity contribution is 0.144. The molecule has 2 heteroatoms. The fourth-order valence-corrected chi connectivity index (χ4v) is 2.56. The van der Waals surface area contributed by atoms with E-state index >= 15 is 0 Å². The van der Waals surface area contributed by atoms with E-state index in [9.17, 15) is 0 Å². The Hall–Kier alpha value is -0.860. The van der Waals surface area contributed by atoms with Gasteiger partial charge in [0.15, 0.2) is 0 Å². The van der Waals surface area contributed by atoms with Gasteiger partial charge < -0.3 is 10.2 Å². The number of rotatable bonds is 9. The molecule has 0 aromatic heterocycles. The molecular formula is C19H34N2. The second kappa shape index (κ2) is 8.55. The molecule has 0 heterocycles. The summed E-state index contributed by atoms with van der Waals surface area (Å²) in [5.74, 6) is 0. The molecule has 1 N–H and O–H groups in total. The largest absolute Gasteiger partial charge is 0.310 e. The van der Waals surface area contributed by atoms with Crippen molar-refractivity contribution in [2.75, 3.05) is 20.1 Å². The average Bonchev–Trinajstić information content (AvgIpc) is 2.48. The molecular weight excluding hydrogens is 256 g/mol. The number of hydrogen-bond donors (Lipinski definition) is 1. The molecule has 0 spiro atoms. The molecule has 2 nitrogen and oxygen atoms in total. The predicted octanol–water partition coefficient (Wildman–Crippen LogP) is 4.55. The summed E-state index contributed by atoms with van der Waals surface area (Å²) in [7, 11) is 2.25. The minimum atomic E-state index is 0.279. The fraction of sp³-hybridized carbons (Fsp3) is 0.684. The second-order valence-electron chi connectivity index (χ2n) is 6.74. The van der Waals surface area contributed by atoms with Gasteiger partial charge in [-0.15, -0.1) is 0 Å². The summed E-state index contributed by atoms with van der Waals surface area (Å²) in [6.45, 7) is 13.6. The minimum Gasteiger partial charge on any atom is -0.310 e. The summed E-state index contributed by atoms with van der Waals surface area (Å²) >= 11 is 0. The van der Waals surface area contributed by atoms with Gasteiger partial charge in [0.1, 0.15) is 0 Å². The first kappa shape index (κ1) is 18.2. The van der Waals surface area contributed by atoms with Crippen LogP contribution in [-0.2, 0) is 0 Å². The third kappa shape index (κ3) is 5.44. The summed E-state index contributed by atoms with van der Waals surface area (Å²) in [4.78, 5) is 2.49. The van der Waals surface area contributed by atoms with Gasteiger partial charge in [-0.3, -0.25) is 0 Å². The summed E-state index contributed by atoms with van der Waals surface area (Å²) in [5.41, 5.74) is 3.12. The highest BCUT2D eigenvalue weighted by Crippen LogP contribution is 2.23. The average molecular weight is 290 g/mol. The molecule has 0 aliphatic heterocycles. The van der Waals surface area contributed by atoms with E-state index < -0.39 is 0 Å². The van der Waals surface area contributed by atoms with Crippen LogP contribution in [0.3, 0.4) is 0 Å². The first-order valence-corrected chi connectivity index (χ1v) is 8.42. The fourth-order valence-electron chi connectivity index (χ4n) is 2.56. The first-order valence-electron chi connectivity index (χ1n) is 8.42. The topological polar surface area (TPSA) is 15.3 Å². The molecule has 0 radical (unpaired) electrons. The third-order valence-electron chi connectivity index (χ3n) is 4.86. The molecule has 1 atom stereocenters. The highest BCUT2D eigenvalue weighted by molar-refractivity contribution is 5.28. The normalized spacial score (nSPS) is 13.7. The number of nitrogens with zero attached hydrogens (tertiary/aromatic N) is 1. The molecule has 120 valence electrons. The van der Waals surface area contributed by atoms with E-state index in [1.54, 1.807) is 0 Å². The summed E-state index contributed by atoms with van der Waals surface area (Å²) < 4.78 is 0. The molecule has 1 rings (SSSR count). The molecule has 1 aromatic carbocycles. The van der Waals surface area contributed by atoms with Gasteiger partial charge in [-0.05, 0) is 64.8 Å². The molecule has 0 saturated heterocycles. The lowest BCUT2D eigenvalue weighted by Gasteiger charge is -2.36. The van der Waals surface area contributed by atoms with Crippen LogP contribution in [-0.4, -0.2) is 30.6 Å². The van der Waals surface area contributed by atoms with Crippen molar-refractivity contribution in [2.24, 2.45) is 0 Å². The maximum atomic E-state index is 3.72. The van der Waals surface area contributed by atoms with Crippen LogP contribution in [0, 0.1) is 6.92 Å². The van der Waals surface area contributed by atoms with Crippen molar-refractivity contribution >= 4 is 0 Å². The highest BCUT2D eigenvalue weighted by Gasteiger charge is 2.22. The third-order valence-corrected chi connectivity index (χ3v) is 4.86. The van der Waals surface area contributed by atoms with Gasteiger partial charge in [-0.25, -0.2) is 0 Å². The van der Waals surface area contributed by atoms with Gasteiger partial charge in [0.05, 0.1) is 0 Å². The van der Waals surface area contributed by atoms with Gasteiger partial charge in [0, 0.05) is 18.1 Å². The summed E-state index contributed by atoms with van der Waals surface area (Å²) in [6.07, 6.45) is 3.52. The second-order valence-corrected chi connectivity index (χ2v) is 6.74. The van der Waals surface area contributed by atoms with E-state index in [1.165, 1.54) is 24.0 Å². The van der Waals surface area contributed by atoms with Crippen molar-refractivity contribution in [1.82, 2.24) is 10.2 Å². The van der Waals surface area contributed by atoms with Gasteiger partial charge in [0.2, 0.25) is 0 Å². The van der Waals surface area contributed by atoms with Crippen molar-refractivity contribution in [3.63, 3.8) is 0 Å². The molecule has 0 fully saturated rings. The van der Waals surface area contributed by atoms with E-state index in [-0.39, 0.29) is 5.54 Å². The van der Waals surface area contributed by atoms with Crippen molar-refractivity contribution in [1.29, 1.82) is 0 Å². The molecule has 0 bridgehead atoms. The molecule has 0 aliphatic carbocycles. The molecule has 1 aromatic rings. The van der Waals surface area contributed by atoms with Crippen molar-refractivity contribution in [2.45, 2.75) is 65.5 Å². The molecule has 21 heavy (non-hydrogen) atoms.